The molecular weight excluding hydrogens is 477 g/mol. The smallest absolute Gasteiger partial charge is 0.300 e. The summed E-state index contributed by atoms with van der Waals surface area (Å²) in [5.74, 6) is 0.481. The molecule has 0 bridgehead atoms. The van der Waals surface area contributed by atoms with Gasteiger partial charge in [-0.05, 0) is 47.6 Å². The molecule has 1 aliphatic rings. The summed E-state index contributed by atoms with van der Waals surface area (Å²) in [5.41, 5.74) is 1.61. The Labute approximate surface area is 173 Å². The molecule has 0 radical (unpaired) electrons. The maximum absolute atomic E-state index is 12.4. The molecule has 2 aromatic heterocycles. The second-order valence-electron chi connectivity index (χ2n) is 6.41. The van der Waals surface area contributed by atoms with E-state index in [0.29, 0.717) is 11.7 Å². The number of fused-ring (bicyclic) bond motifs is 1. The molecule has 0 saturated carbocycles. The van der Waals surface area contributed by atoms with Gasteiger partial charge >= 0.3 is 5.69 Å². The third-order valence-corrected chi connectivity index (χ3v) is 5.94. The molecule has 0 spiro atoms. The summed E-state index contributed by atoms with van der Waals surface area (Å²) in [4.78, 5) is 29.3. The van der Waals surface area contributed by atoms with Crippen molar-refractivity contribution in [2.24, 2.45) is 0 Å². The lowest BCUT2D eigenvalue weighted by molar-refractivity contribution is -0.117. The SMILES string of the molecule is O=C(Cn1nc2n(c1=O)CCCCC2)Nc1nc(-c2ccc(I)cc2)cs1. The van der Waals surface area contributed by atoms with Crippen LogP contribution in [-0.2, 0) is 24.3 Å². The van der Waals surface area contributed by atoms with Gasteiger partial charge in [-0.25, -0.2) is 14.5 Å². The van der Waals surface area contributed by atoms with Gasteiger partial charge in [-0.2, -0.15) is 5.10 Å². The number of carbonyl (C=O) groups is 1. The van der Waals surface area contributed by atoms with Crippen LogP contribution >= 0.6 is 33.9 Å². The summed E-state index contributed by atoms with van der Waals surface area (Å²) in [7, 11) is 0. The summed E-state index contributed by atoms with van der Waals surface area (Å²) in [6.45, 7) is 0.582. The van der Waals surface area contributed by atoms with E-state index in [0.717, 1.165) is 46.3 Å². The van der Waals surface area contributed by atoms with Gasteiger partial charge in [-0.3, -0.25) is 9.36 Å². The third-order valence-electron chi connectivity index (χ3n) is 4.47. The number of hydrogen-bond donors (Lipinski definition) is 1. The van der Waals surface area contributed by atoms with Crippen molar-refractivity contribution >= 4 is 45.0 Å². The number of aryl methyl sites for hydroxylation is 1. The zero-order valence-corrected chi connectivity index (χ0v) is 17.5. The molecule has 3 heterocycles. The number of anilines is 1. The van der Waals surface area contributed by atoms with Crippen molar-refractivity contribution in [3.05, 3.63) is 49.5 Å². The Balaban J connectivity index is 1.44. The second kappa shape index (κ2) is 7.93. The second-order valence-corrected chi connectivity index (χ2v) is 8.52. The van der Waals surface area contributed by atoms with Crippen LogP contribution in [0.3, 0.4) is 0 Å². The summed E-state index contributed by atoms with van der Waals surface area (Å²) >= 11 is 3.62. The van der Waals surface area contributed by atoms with Gasteiger partial charge in [0.1, 0.15) is 12.4 Å². The summed E-state index contributed by atoms with van der Waals surface area (Å²) in [5, 5.41) is 9.53. The molecule has 7 nitrogen and oxygen atoms in total. The maximum atomic E-state index is 12.4. The molecule has 0 saturated heterocycles. The van der Waals surface area contributed by atoms with E-state index in [1.165, 1.54) is 16.0 Å². The Kier molecular flexibility index (Phi) is 5.39. The number of thiazole rings is 1. The first-order valence-electron chi connectivity index (χ1n) is 8.78. The predicted octanol–water partition coefficient (Wildman–Crippen LogP) is 3.14. The van der Waals surface area contributed by atoms with E-state index in [2.05, 4.69) is 38.0 Å². The topological polar surface area (TPSA) is 81.8 Å². The minimum absolute atomic E-state index is 0.0999. The summed E-state index contributed by atoms with van der Waals surface area (Å²) in [6, 6.07) is 8.03. The molecule has 1 N–H and O–H groups in total. The van der Waals surface area contributed by atoms with E-state index in [4.69, 9.17) is 0 Å². The lowest BCUT2D eigenvalue weighted by Gasteiger charge is -2.01. The molecule has 0 unspecified atom stereocenters. The lowest BCUT2D eigenvalue weighted by Crippen LogP contribution is -2.30. The van der Waals surface area contributed by atoms with Crippen molar-refractivity contribution in [3.8, 4) is 11.3 Å². The number of amides is 1. The van der Waals surface area contributed by atoms with Crippen LogP contribution in [0.4, 0.5) is 5.13 Å². The van der Waals surface area contributed by atoms with Gasteiger partial charge in [0, 0.05) is 27.5 Å². The number of nitrogens with zero attached hydrogens (tertiary/aromatic N) is 4. The molecule has 1 amide bonds. The van der Waals surface area contributed by atoms with Crippen molar-refractivity contribution < 1.29 is 4.79 Å². The van der Waals surface area contributed by atoms with Gasteiger partial charge in [0.25, 0.3) is 0 Å². The average Bonchev–Trinajstić information content (AvgIpc) is 3.13. The fourth-order valence-electron chi connectivity index (χ4n) is 3.11. The number of nitrogens with one attached hydrogen (secondary N) is 1. The Morgan fingerprint density at radius 1 is 1.22 bits per heavy atom. The fourth-order valence-corrected chi connectivity index (χ4v) is 4.20. The Bertz CT molecular complexity index is 1020. The summed E-state index contributed by atoms with van der Waals surface area (Å²) in [6.07, 6.45) is 3.90. The standard InChI is InChI=1S/C18H18IN5O2S/c19-13-7-5-12(6-8-13)14-11-27-17(20-14)21-16(25)10-24-18(26)23-9-3-1-2-4-15(23)22-24/h5-8,11H,1-4,9-10H2,(H,20,21,25). The van der Waals surface area contributed by atoms with E-state index in [9.17, 15) is 9.59 Å². The Morgan fingerprint density at radius 2 is 2.04 bits per heavy atom. The highest BCUT2D eigenvalue weighted by atomic mass is 127. The van der Waals surface area contributed by atoms with Gasteiger partial charge in [-0.15, -0.1) is 11.3 Å². The van der Waals surface area contributed by atoms with E-state index < -0.39 is 0 Å². The van der Waals surface area contributed by atoms with E-state index in [1.54, 1.807) is 4.57 Å². The number of aromatic nitrogens is 4. The number of hydrogen-bond acceptors (Lipinski definition) is 5. The van der Waals surface area contributed by atoms with Crippen LogP contribution in [0.25, 0.3) is 11.3 Å². The molecule has 4 rings (SSSR count). The highest BCUT2D eigenvalue weighted by Gasteiger charge is 2.17. The molecule has 3 aromatic rings. The number of halogens is 1. The van der Waals surface area contributed by atoms with Crippen LogP contribution in [0.15, 0.2) is 34.4 Å². The monoisotopic (exact) mass is 495 g/mol. The minimum atomic E-state index is -0.297. The molecule has 1 aromatic carbocycles. The zero-order chi connectivity index (χ0) is 18.8. The van der Waals surface area contributed by atoms with Gasteiger partial charge in [0.05, 0.1) is 5.69 Å². The van der Waals surface area contributed by atoms with E-state index in [1.807, 2.05) is 29.6 Å². The Morgan fingerprint density at radius 3 is 2.85 bits per heavy atom. The Hall–Kier alpha value is -2.01. The highest BCUT2D eigenvalue weighted by Crippen LogP contribution is 2.25. The van der Waals surface area contributed by atoms with Crippen molar-refractivity contribution in [1.82, 2.24) is 19.3 Å². The van der Waals surface area contributed by atoms with Crippen LogP contribution in [0.1, 0.15) is 25.1 Å². The van der Waals surface area contributed by atoms with E-state index >= 15 is 0 Å². The third kappa shape index (κ3) is 4.13. The molecular formula is C18H18IN5O2S. The van der Waals surface area contributed by atoms with E-state index in [-0.39, 0.29) is 18.1 Å². The summed E-state index contributed by atoms with van der Waals surface area (Å²) < 4.78 is 4.10. The van der Waals surface area contributed by atoms with Crippen LogP contribution in [0, 0.1) is 3.57 Å². The van der Waals surface area contributed by atoms with Crippen molar-refractivity contribution in [1.29, 1.82) is 0 Å². The first kappa shape index (κ1) is 18.4. The molecule has 0 aliphatic carbocycles. The predicted molar refractivity (Wildman–Crippen MR) is 113 cm³/mol. The van der Waals surface area contributed by atoms with Crippen molar-refractivity contribution in [2.45, 2.75) is 38.8 Å². The number of rotatable bonds is 4. The van der Waals surface area contributed by atoms with Gasteiger partial charge in [-0.1, -0.05) is 18.6 Å². The largest absolute Gasteiger partial charge is 0.346 e. The minimum Gasteiger partial charge on any atom is -0.300 e. The van der Waals surface area contributed by atoms with Crippen LogP contribution < -0.4 is 11.0 Å². The van der Waals surface area contributed by atoms with Gasteiger partial charge in [0.15, 0.2) is 5.13 Å². The average molecular weight is 495 g/mol. The molecule has 0 fully saturated rings. The van der Waals surface area contributed by atoms with Crippen molar-refractivity contribution in [3.63, 3.8) is 0 Å². The molecule has 1 aliphatic heterocycles. The van der Waals surface area contributed by atoms with Crippen LogP contribution in [-0.4, -0.2) is 25.2 Å². The molecule has 27 heavy (non-hydrogen) atoms. The van der Waals surface area contributed by atoms with Gasteiger partial charge in [0.2, 0.25) is 5.91 Å². The first-order valence-corrected chi connectivity index (χ1v) is 10.7. The maximum Gasteiger partial charge on any atom is 0.346 e. The molecule has 140 valence electrons. The lowest BCUT2D eigenvalue weighted by atomic mass is 10.2. The van der Waals surface area contributed by atoms with Crippen LogP contribution in [0.2, 0.25) is 0 Å². The quantitative estimate of drug-likeness (QED) is 0.564. The molecule has 0 atom stereocenters. The number of carbonyl (C=O) groups excluding carboxylic acids is 1. The van der Waals surface area contributed by atoms with Gasteiger partial charge < -0.3 is 5.32 Å². The zero-order valence-electron chi connectivity index (χ0n) is 14.5. The molecule has 9 heteroatoms. The number of benzene rings is 1. The highest BCUT2D eigenvalue weighted by molar-refractivity contribution is 14.1. The fraction of sp³-hybridized carbons (Fsp3) is 0.333. The van der Waals surface area contributed by atoms with Crippen molar-refractivity contribution in [2.75, 3.05) is 5.32 Å². The first-order chi connectivity index (χ1) is 13.1. The normalized spacial score (nSPS) is 13.8. The van der Waals surface area contributed by atoms with Crippen LogP contribution in [0.5, 0.6) is 0 Å².